The molecule has 0 amide bonds. The fourth-order valence-corrected chi connectivity index (χ4v) is 2.34. The van der Waals surface area contributed by atoms with Crippen molar-refractivity contribution in [2.75, 3.05) is 5.32 Å². The SMILES string of the molecule is Cc1csc(CNc2ccc([N+](=O)[O-])c(C)c2)n1. The smallest absolute Gasteiger partial charge is 0.272 e. The molecule has 2 rings (SSSR count). The number of anilines is 1. The summed E-state index contributed by atoms with van der Waals surface area (Å²) in [7, 11) is 0. The van der Waals surface area contributed by atoms with Crippen molar-refractivity contribution in [3.05, 3.63) is 50.0 Å². The Kier molecular flexibility index (Phi) is 3.57. The van der Waals surface area contributed by atoms with Crippen molar-refractivity contribution in [3.63, 3.8) is 0 Å². The molecule has 5 nitrogen and oxygen atoms in total. The van der Waals surface area contributed by atoms with Crippen LogP contribution in [0.3, 0.4) is 0 Å². The number of nitro groups is 1. The van der Waals surface area contributed by atoms with Crippen LogP contribution < -0.4 is 5.32 Å². The van der Waals surface area contributed by atoms with E-state index in [1.165, 1.54) is 6.07 Å². The zero-order chi connectivity index (χ0) is 13.1. The Morgan fingerprint density at radius 1 is 1.44 bits per heavy atom. The quantitative estimate of drug-likeness (QED) is 0.679. The number of thiazole rings is 1. The van der Waals surface area contributed by atoms with E-state index in [1.807, 2.05) is 12.3 Å². The second-order valence-electron chi connectivity index (χ2n) is 3.99. The first-order valence-corrected chi connectivity index (χ1v) is 6.34. The first-order valence-electron chi connectivity index (χ1n) is 5.46. The van der Waals surface area contributed by atoms with Gasteiger partial charge >= 0.3 is 0 Å². The van der Waals surface area contributed by atoms with E-state index in [4.69, 9.17) is 0 Å². The van der Waals surface area contributed by atoms with Crippen LogP contribution in [0, 0.1) is 24.0 Å². The summed E-state index contributed by atoms with van der Waals surface area (Å²) in [5.41, 5.74) is 2.67. The van der Waals surface area contributed by atoms with Crippen molar-refractivity contribution >= 4 is 22.7 Å². The summed E-state index contributed by atoms with van der Waals surface area (Å²) in [6.45, 7) is 4.32. The number of nitrogens with zero attached hydrogens (tertiary/aromatic N) is 2. The molecule has 0 aliphatic rings. The number of benzene rings is 1. The maximum atomic E-state index is 10.7. The zero-order valence-electron chi connectivity index (χ0n) is 10.1. The maximum absolute atomic E-state index is 10.7. The van der Waals surface area contributed by atoms with Crippen LogP contribution in [0.25, 0.3) is 0 Å². The Balaban J connectivity index is 2.06. The van der Waals surface area contributed by atoms with Crippen LogP contribution in [0.15, 0.2) is 23.6 Å². The zero-order valence-corrected chi connectivity index (χ0v) is 11.0. The minimum atomic E-state index is -0.372. The fraction of sp³-hybridized carbons (Fsp3) is 0.250. The predicted octanol–water partition coefficient (Wildman–Crippen LogP) is 3.28. The maximum Gasteiger partial charge on any atom is 0.272 e. The molecule has 2 aromatic rings. The van der Waals surface area contributed by atoms with Gasteiger partial charge in [0.2, 0.25) is 0 Å². The van der Waals surface area contributed by atoms with Gasteiger partial charge in [-0.05, 0) is 26.0 Å². The minimum Gasteiger partial charge on any atom is -0.379 e. The fourth-order valence-electron chi connectivity index (χ4n) is 1.63. The first-order chi connectivity index (χ1) is 8.56. The molecule has 18 heavy (non-hydrogen) atoms. The minimum absolute atomic E-state index is 0.144. The van der Waals surface area contributed by atoms with E-state index >= 15 is 0 Å². The van der Waals surface area contributed by atoms with E-state index in [-0.39, 0.29) is 10.6 Å². The first kappa shape index (κ1) is 12.5. The van der Waals surface area contributed by atoms with Crippen molar-refractivity contribution in [1.29, 1.82) is 0 Å². The summed E-state index contributed by atoms with van der Waals surface area (Å²) in [6, 6.07) is 5.01. The highest BCUT2D eigenvalue weighted by Gasteiger charge is 2.10. The second kappa shape index (κ2) is 5.14. The normalized spacial score (nSPS) is 10.3. The third-order valence-electron chi connectivity index (χ3n) is 2.50. The average molecular weight is 263 g/mol. The summed E-state index contributed by atoms with van der Waals surface area (Å²) in [5, 5.41) is 16.9. The van der Waals surface area contributed by atoms with Gasteiger partial charge in [-0.1, -0.05) is 0 Å². The Morgan fingerprint density at radius 2 is 2.22 bits per heavy atom. The lowest BCUT2D eigenvalue weighted by molar-refractivity contribution is -0.385. The van der Waals surface area contributed by atoms with Gasteiger partial charge < -0.3 is 5.32 Å². The van der Waals surface area contributed by atoms with Crippen LogP contribution in [-0.4, -0.2) is 9.91 Å². The molecule has 0 atom stereocenters. The van der Waals surface area contributed by atoms with Gasteiger partial charge in [0, 0.05) is 28.4 Å². The molecule has 1 aromatic carbocycles. The second-order valence-corrected chi connectivity index (χ2v) is 4.94. The predicted molar refractivity (Wildman–Crippen MR) is 72.0 cm³/mol. The molecule has 6 heteroatoms. The molecular formula is C12H13N3O2S. The highest BCUT2D eigenvalue weighted by Crippen LogP contribution is 2.22. The summed E-state index contributed by atoms with van der Waals surface area (Å²) >= 11 is 1.60. The molecule has 0 radical (unpaired) electrons. The number of aromatic nitrogens is 1. The molecular weight excluding hydrogens is 250 g/mol. The molecule has 1 heterocycles. The Labute approximate surface area is 109 Å². The highest BCUT2D eigenvalue weighted by molar-refractivity contribution is 7.09. The monoisotopic (exact) mass is 263 g/mol. The largest absolute Gasteiger partial charge is 0.379 e. The molecule has 1 N–H and O–H groups in total. The lowest BCUT2D eigenvalue weighted by Crippen LogP contribution is -2.00. The van der Waals surface area contributed by atoms with Crippen molar-refractivity contribution in [1.82, 2.24) is 4.98 Å². The number of hydrogen-bond acceptors (Lipinski definition) is 5. The van der Waals surface area contributed by atoms with Crippen LogP contribution in [0.4, 0.5) is 11.4 Å². The van der Waals surface area contributed by atoms with Gasteiger partial charge in [-0.2, -0.15) is 0 Å². The van der Waals surface area contributed by atoms with Crippen LogP contribution in [0.2, 0.25) is 0 Å². The molecule has 1 aromatic heterocycles. The standard InChI is InChI=1S/C12H13N3O2S/c1-8-5-10(3-4-11(8)15(16)17)13-6-12-14-9(2)7-18-12/h3-5,7,13H,6H2,1-2H3. The number of nitro benzene ring substituents is 1. The van der Waals surface area contributed by atoms with E-state index in [0.717, 1.165) is 16.4 Å². The molecule has 0 aliphatic carbocycles. The summed E-state index contributed by atoms with van der Waals surface area (Å²) in [6.07, 6.45) is 0. The van der Waals surface area contributed by atoms with Gasteiger partial charge in [0.05, 0.1) is 11.5 Å². The molecule has 0 spiro atoms. The van der Waals surface area contributed by atoms with E-state index in [1.54, 1.807) is 30.4 Å². The third-order valence-corrected chi connectivity index (χ3v) is 3.47. The molecule has 0 unspecified atom stereocenters. The van der Waals surface area contributed by atoms with Crippen molar-refractivity contribution in [2.24, 2.45) is 0 Å². The number of nitrogens with one attached hydrogen (secondary N) is 1. The Bertz CT molecular complexity index is 580. The van der Waals surface area contributed by atoms with E-state index in [2.05, 4.69) is 10.3 Å². The van der Waals surface area contributed by atoms with E-state index in [9.17, 15) is 10.1 Å². The summed E-state index contributed by atoms with van der Waals surface area (Å²) in [4.78, 5) is 14.7. The average Bonchev–Trinajstić information content (AvgIpc) is 2.72. The number of aryl methyl sites for hydroxylation is 2. The van der Waals surface area contributed by atoms with E-state index < -0.39 is 0 Å². The van der Waals surface area contributed by atoms with Gasteiger partial charge in [-0.3, -0.25) is 10.1 Å². The molecule has 0 aliphatic heterocycles. The van der Waals surface area contributed by atoms with Crippen molar-refractivity contribution < 1.29 is 4.92 Å². The van der Waals surface area contributed by atoms with Crippen LogP contribution in [-0.2, 0) is 6.54 Å². The topological polar surface area (TPSA) is 68.1 Å². The van der Waals surface area contributed by atoms with Gasteiger partial charge in [-0.25, -0.2) is 4.98 Å². The van der Waals surface area contributed by atoms with E-state index in [0.29, 0.717) is 12.1 Å². The van der Waals surface area contributed by atoms with Crippen molar-refractivity contribution in [3.8, 4) is 0 Å². The molecule has 0 saturated heterocycles. The summed E-state index contributed by atoms with van der Waals surface area (Å²) in [5.74, 6) is 0. The lowest BCUT2D eigenvalue weighted by Gasteiger charge is -2.05. The molecule has 94 valence electrons. The molecule has 0 saturated carbocycles. The Morgan fingerprint density at radius 3 is 2.78 bits per heavy atom. The van der Waals surface area contributed by atoms with Crippen molar-refractivity contribution in [2.45, 2.75) is 20.4 Å². The highest BCUT2D eigenvalue weighted by atomic mass is 32.1. The van der Waals surface area contributed by atoms with Gasteiger partial charge in [0.25, 0.3) is 5.69 Å². The van der Waals surface area contributed by atoms with Crippen LogP contribution in [0.1, 0.15) is 16.3 Å². The molecule has 0 bridgehead atoms. The third kappa shape index (κ3) is 2.84. The van der Waals surface area contributed by atoms with Gasteiger partial charge in [0.15, 0.2) is 0 Å². The number of hydrogen-bond donors (Lipinski definition) is 1. The number of rotatable bonds is 4. The Hall–Kier alpha value is -1.95. The summed E-state index contributed by atoms with van der Waals surface area (Å²) < 4.78 is 0. The van der Waals surface area contributed by atoms with Gasteiger partial charge in [0.1, 0.15) is 5.01 Å². The lowest BCUT2D eigenvalue weighted by atomic mass is 10.2. The van der Waals surface area contributed by atoms with Crippen LogP contribution in [0.5, 0.6) is 0 Å². The molecule has 0 fully saturated rings. The van der Waals surface area contributed by atoms with Gasteiger partial charge in [-0.15, -0.1) is 11.3 Å². The van der Waals surface area contributed by atoms with Crippen LogP contribution >= 0.6 is 11.3 Å².